The zero-order valence-electron chi connectivity index (χ0n) is 2.05. The van der Waals surface area contributed by atoms with Crippen molar-refractivity contribution < 1.29 is 14.4 Å². The van der Waals surface area contributed by atoms with Crippen molar-refractivity contribution in [3.05, 3.63) is 0 Å². The minimum Gasteiger partial charge on any atom is -0.803 e. The Hall–Kier alpha value is 0.880. The van der Waals surface area contributed by atoms with Crippen molar-refractivity contribution in [1.29, 1.82) is 0 Å². The van der Waals surface area contributed by atoms with E-state index in [1.54, 1.807) is 0 Å². The van der Waals surface area contributed by atoms with Gasteiger partial charge in [-0.3, -0.25) is 0 Å². The van der Waals surface area contributed by atoms with E-state index in [4.69, 9.17) is 14.4 Å². The third-order valence-corrected chi connectivity index (χ3v) is 0. The zero-order chi connectivity index (χ0) is 4.50. The van der Waals surface area contributed by atoms with Crippen LogP contribution < -0.4 is 9.79 Å². The summed E-state index contributed by atoms with van der Waals surface area (Å²) in [4.78, 5) is 18.2. The lowest BCUT2D eigenvalue weighted by Gasteiger charge is -2.19. The summed E-state index contributed by atoms with van der Waals surface area (Å²) >= 11 is 0.822. The maximum Gasteiger partial charge on any atom is -0.00460 e. The first kappa shape index (κ1) is 5.88. The highest BCUT2D eigenvalue weighted by Gasteiger charge is 1.65. The first-order chi connectivity index (χ1) is 2.00. The summed E-state index contributed by atoms with van der Waals surface area (Å²) < 4.78 is 9.09. The van der Waals surface area contributed by atoms with E-state index < -0.39 is 5.24 Å². The molecule has 0 atom stereocenters. The van der Waals surface area contributed by atoms with Crippen molar-refractivity contribution in [1.82, 2.24) is 0 Å². The van der Waals surface area contributed by atoms with Gasteiger partial charge in [-0.1, -0.05) is 0 Å². The predicted octanol–water partition coefficient (Wildman–Crippen LogP) is -0.750. The van der Waals surface area contributed by atoms with E-state index in [9.17, 15) is 0 Å². The molecule has 3 nitrogen and oxygen atoms in total. The summed E-state index contributed by atoms with van der Waals surface area (Å²) in [6.45, 7) is 0. The zero-order valence-corrected chi connectivity index (χ0v) is 5.10. The van der Waals surface area contributed by atoms with Crippen molar-refractivity contribution in [2.45, 2.75) is 0 Å². The van der Waals surface area contributed by atoms with Crippen LogP contribution in [0.4, 0.5) is 0 Å². The molecule has 0 saturated carbocycles. The van der Waals surface area contributed by atoms with Crippen molar-refractivity contribution in [2.75, 3.05) is 0 Å². The van der Waals surface area contributed by atoms with Crippen LogP contribution >= 0.6 is 27.3 Å². The first-order valence-corrected chi connectivity index (χ1v) is 5.04. The van der Waals surface area contributed by atoms with E-state index >= 15 is 0 Å². The van der Waals surface area contributed by atoms with Crippen molar-refractivity contribution >= 4 is 27.3 Å². The molecule has 0 N–H and O–H groups in total. The highest BCUT2D eigenvalue weighted by Crippen LogP contribution is 2.33. The minimum absolute atomic E-state index is 0.822. The smallest absolute Gasteiger partial charge is 0.00460 e. The lowest BCUT2D eigenvalue weighted by molar-refractivity contribution is -0.300. The van der Waals surface area contributed by atoms with Crippen LogP contribution in [-0.2, 0) is 4.57 Å². The average molecular weight is 206 g/mol. The monoisotopic (exact) mass is 206 g/mol. The molecular formula is IO3P-2. The molecule has 0 heterocycles. The van der Waals surface area contributed by atoms with Crippen LogP contribution in [0.1, 0.15) is 0 Å². The Labute approximate surface area is 42.0 Å². The average Bonchev–Trinajstić information content (AvgIpc) is 0.722. The van der Waals surface area contributed by atoms with Gasteiger partial charge >= 0.3 is 0 Å². The van der Waals surface area contributed by atoms with Crippen LogP contribution in [0.25, 0.3) is 0 Å². The van der Waals surface area contributed by atoms with Gasteiger partial charge in [-0.15, -0.1) is 0 Å². The molecule has 0 aliphatic carbocycles. The number of hydrogen-bond acceptors (Lipinski definition) is 3. The van der Waals surface area contributed by atoms with Gasteiger partial charge in [0.15, 0.2) is 0 Å². The fourth-order valence-electron chi connectivity index (χ4n) is 0. The highest BCUT2D eigenvalue weighted by molar-refractivity contribution is 14.2. The second-order valence-electron chi connectivity index (χ2n) is 0.431. The van der Waals surface area contributed by atoms with Gasteiger partial charge in [-0.25, -0.2) is 0 Å². The van der Waals surface area contributed by atoms with Crippen LogP contribution in [0, 0.1) is 0 Å². The number of rotatable bonds is 0. The van der Waals surface area contributed by atoms with Gasteiger partial charge in [0.1, 0.15) is 0 Å². The van der Waals surface area contributed by atoms with Crippen LogP contribution in [0.3, 0.4) is 0 Å². The number of hydrogen-bond donors (Lipinski definition) is 0. The fraction of sp³-hybridized carbons (Fsp3) is 0. The van der Waals surface area contributed by atoms with Crippen molar-refractivity contribution in [3.8, 4) is 0 Å². The molecular weight excluding hydrogens is 206 g/mol. The molecule has 0 bridgehead atoms. The third kappa shape index (κ3) is 52.3. The Bertz CT molecular complexity index is 53.0. The Kier molecular flexibility index (Phi) is 1.83. The molecule has 0 amide bonds. The standard InChI is InChI=1S/H2IO3P/c1-5(2,3)4/h(H2,2,3,4)/p-2. The molecule has 0 aromatic heterocycles. The molecule has 5 heteroatoms. The van der Waals surface area contributed by atoms with E-state index in [1.807, 2.05) is 0 Å². The molecule has 0 rings (SSSR count). The van der Waals surface area contributed by atoms with Crippen LogP contribution in [0.2, 0.25) is 0 Å². The van der Waals surface area contributed by atoms with E-state index in [1.165, 1.54) is 0 Å². The molecule has 0 saturated heterocycles. The summed E-state index contributed by atoms with van der Waals surface area (Å²) in [6, 6.07) is 0. The van der Waals surface area contributed by atoms with Crippen LogP contribution in [0.5, 0.6) is 0 Å². The third-order valence-electron chi connectivity index (χ3n) is 0. The van der Waals surface area contributed by atoms with E-state index in [0.29, 0.717) is 0 Å². The normalized spacial score (nSPS) is 11.8. The van der Waals surface area contributed by atoms with E-state index in [0.717, 1.165) is 22.0 Å². The van der Waals surface area contributed by atoms with E-state index in [2.05, 4.69) is 0 Å². The Morgan fingerprint density at radius 2 is 1.60 bits per heavy atom. The van der Waals surface area contributed by atoms with Gasteiger partial charge in [0.2, 0.25) is 0 Å². The first-order valence-electron chi connectivity index (χ1n) is 0.717. The fourth-order valence-corrected chi connectivity index (χ4v) is 0. The molecule has 0 aliphatic rings. The van der Waals surface area contributed by atoms with Gasteiger partial charge in [0, 0.05) is 0 Å². The Balaban J connectivity index is 3.47. The molecule has 0 aromatic carbocycles. The summed E-state index contributed by atoms with van der Waals surface area (Å²) in [5.74, 6) is 0. The largest absolute Gasteiger partial charge is 0.803 e. The second kappa shape index (κ2) is 1.55. The van der Waals surface area contributed by atoms with Crippen LogP contribution in [-0.4, -0.2) is 0 Å². The maximum atomic E-state index is 9.09. The molecule has 0 fully saturated rings. The van der Waals surface area contributed by atoms with Gasteiger partial charge in [0.25, 0.3) is 0 Å². The summed E-state index contributed by atoms with van der Waals surface area (Å²) in [6.07, 6.45) is 0. The lowest BCUT2D eigenvalue weighted by Crippen LogP contribution is -2.05. The number of halogens is 1. The lowest BCUT2D eigenvalue weighted by atomic mass is 15.8. The Morgan fingerprint density at radius 1 is 1.60 bits per heavy atom. The van der Waals surface area contributed by atoms with Crippen molar-refractivity contribution in [2.24, 2.45) is 0 Å². The van der Waals surface area contributed by atoms with Gasteiger partial charge in [-0.2, -0.15) is 0 Å². The van der Waals surface area contributed by atoms with Gasteiger partial charge in [0.05, 0.1) is 0 Å². The van der Waals surface area contributed by atoms with Gasteiger partial charge in [-0.05, 0) is 27.3 Å². The summed E-state index contributed by atoms with van der Waals surface area (Å²) in [5.41, 5.74) is 0. The molecule has 0 radical (unpaired) electrons. The minimum atomic E-state index is -4.17. The molecule has 32 valence electrons. The highest BCUT2D eigenvalue weighted by atomic mass is 127. The quantitative estimate of drug-likeness (QED) is 0.386. The summed E-state index contributed by atoms with van der Waals surface area (Å²) in [7, 11) is 0. The molecule has 0 aliphatic heterocycles. The molecule has 0 unspecified atom stereocenters. The maximum absolute atomic E-state index is 9.09. The molecule has 0 spiro atoms. The SMILES string of the molecule is O=P([O-])([O-])I. The molecule has 0 aromatic rings. The molecule has 5 heavy (non-hydrogen) atoms. The second-order valence-corrected chi connectivity index (χ2v) is 4.84. The van der Waals surface area contributed by atoms with E-state index in [-0.39, 0.29) is 0 Å². The summed E-state index contributed by atoms with van der Waals surface area (Å²) in [5, 5.41) is -4.17. The Morgan fingerprint density at radius 3 is 1.60 bits per heavy atom. The predicted molar refractivity (Wildman–Crippen MR) is 21.6 cm³/mol. The van der Waals surface area contributed by atoms with Crippen molar-refractivity contribution in [3.63, 3.8) is 0 Å². The topological polar surface area (TPSA) is 63.2 Å². The van der Waals surface area contributed by atoms with Crippen LogP contribution in [0.15, 0.2) is 0 Å². The van der Waals surface area contributed by atoms with Gasteiger partial charge < -0.3 is 14.4 Å².